The normalized spacial score (nSPS) is 19.2. The minimum Gasteiger partial charge on any atom is -0.330 e. The first-order chi connectivity index (χ1) is 5.92. The molecular formula is C7H11N5. The number of hydrazone groups is 1. The van der Waals surface area contributed by atoms with Crippen molar-refractivity contribution in [2.75, 3.05) is 6.54 Å². The number of nitrogens with two attached hydrogens (primary N) is 1. The van der Waals surface area contributed by atoms with Crippen LogP contribution in [0.15, 0.2) is 29.3 Å². The van der Waals surface area contributed by atoms with Gasteiger partial charge in [-0.3, -0.25) is 10.9 Å². The molecule has 0 aromatic heterocycles. The lowest BCUT2D eigenvalue weighted by molar-refractivity contribution is 0.427. The Kier molecular flexibility index (Phi) is 1.71. The van der Waals surface area contributed by atoms with E-state index in [2.05, 4.69) is 16.0 Å². The van der Waals surface area contributed by atoms with E-state index in [4.69, 9.17) is 5.73 Å². The number of amidine groups is 1. The molecule has 0 aromatic carbocycles. The van der Waals surface area contributed by atoms with E-state index in [1.54, 1.807) is 0 Å². The van der Waals surface area contributed by atoms with Crippen molar-refractivity contribution in [2.24, 2.45) is 10.8 Å². The second-order valence-corrected chi connectivity index (χ2v) is 2.55. The van der Waals surface area contributed by atoms with Crippen LogP contribution in [0.4, 0.5) is 0 Å². The summed E-state index contributed by atoms with van der Waals surface area (Å²) in [4.78, 5) is 0. The third kappa shape index (κ3) is 1.04. The van der Waals surface area contributed by atoms with Gasteiger partial charge in [0.05, 0.1) is 0 Å². The molecule has 64 valence electrons. The number of hydrogen-bond acceptors (Lipinski definition) is 5. The van der Waals surface area contributed by atoms with E-state index in [0.29, 0.717) is 6.54 Å². The maximum absolute atomic E-state index is 5.43. The van der Waals surface area contributed by atoms with Gasteiger partial charge in [0.25, 0.3) is 0 Å². The second-order valence-electron chi connectivity index (χ2n) is 2.55. The van der Waals surface area contributed by atoms with Gasteiger partial charge in [0.15, 0.2) is 5.84 Å². The number of hydrazine groups is 1. The zero-order valence-corrected chi connectivity index (χ0v) is 6.62. The van der Waals surface area contributed by atoms with Crippen LogP contribution < -0.4 is 16.6 Å². The summed E-state index contributed by atoms with van der Waals surface area (Å²) in [6.45, 7) is 0.607. The largest absolute Gasteiger partial charge is 0.330 e. The molecule has 4 N–H and O–H groups in total. The van der Waals surface area contributed by atoms with Gasteiger partial charge < -0.3 is 5.73 Å². The number of nitrogens with one attached hydrogen (secondary N) is 2. The van der Waals surface area contributed by atoms with Crippen LogP contribution in [-0.4, -0.2) is 17.4 Å². The predicted octanol–water partition coefficient (Wildman–Crippen LogP) is -0.573. The standard InChI is InChI=1S/C7H11N5/c8-4-3-7-11-10-6-2-1-5-9-12(6)7/h1-2,5,9-10H,3-4,8H2. The average molecular weight is 165 g/mol. The molecular weight excluding hydrogens is 154 g/mol. The first-order valence-corrected chi connectivity index (χ1v) is 3.87. The third-order valence-electron chi connectivity index (χ3n) is 1.72. The molecule has 0 saturated carbocycles. The fourth-order valence-corrected chi connectivity index (χ4v) is 1.17. The Morgan fingerprint density at radius 1 is 1.58 bits per heavy atom. The lowest BCUT2D eigenvalue weighted by Crippen LogP contribution is -2.39. The molecule has 5 heteroatoms. The first-order valence-electron chi connectivity index (χ1n) is 3.87. The number of nitrogens with zero attached hydrogens (tertiary/aromatic N) is 2. The summed E-state index contributed by atoms with van der Waals surface area (Å²) in [5.41, 5.74) is 11.4. The molecule has 0 spiro atoms. The Hall–Kier alpha value is -1.49. The van der Waals surface area contributed by atoms with Crippen molar-refractivity contribution in [1.29, 1.82) is 0 Å². The van der Waals surface area contributed by atoms with Gasteiger partial charge >= 0.3 is 0 Å². The van der Waals surface area contributed by atoms with Crippen molar-refractivity contribution in [3.63, 3.8) is 0 Å². The molecule has 0 saturated heterocycles. The molecule has 2 rings (SSSR count). The summed E-state index contributed by atoms with van der Waals surface area (Å²) < 4.78 is 0. The molecule has 0 unspecified atom stereocenters. The van der Waals surface area contributed by atoms with E-state index >= 15 is 0 Å². The predicted molar refractivity (Wildman–Crippen MR) is 46.4 cm³/mol. The Morgan fingerprint density at radius 3 is 3.33 bits per heavy atom. The van der Waals surface area contributed by atoms with Crippen molar-refractivity contribution in [2.45, 2.75) is 6.42 Å². The highest BCUT2D eigenvalue weighted by Crippen LogP contribution is 2.11. The fraction of sp³-hybridized carbons (Fsp3) is 0.286. The van der Waals surface area contributed by atoms with Gasteiger partial charge in [0.2, 0.25) is 0 Å². The van der Waals surface area contributed by atoms with Gasteiger partial charge in [-0.2, -0.15) is 5.10 Å². The summed E-state index contributed by atoms with van der Waals surface area (Å²) in [5, 5.41) is 5.99. The molecule has 2 aliphatic heterocycles. The maximum Gasteiger partial charge on any atom is 0.151 e. The van der Waals surface area contributed by atoms with E-state index < -0.39 is 0 Å². The van der Waals surface area contributed by atoms with Crippen LogP contribution in [0.25, 0.3) is 0 Å². The Morgan fingerprint density at radius 2 is 2.50 bits per heavy atom. The van der Waals surface area contributed by atoms with Gasteiger partial charge in [-0.25, -0.2) is 5.01 Å². The quantitative estimate of drug-likeness (QED) is 0.512. The van der Waals surface area contributed by atoms with E-state index in [1.807, 2.05) is 23.4 Å². The highest BCUT2D eigenvalue weighted by Gasteiger charge is 2.21. The smallest absolute Gasteiger partial charge is 0.151 e. The van der Waals surface area contributed by atoms with Crippen LogP contribution in [0.3, 0.4) is 0 Å². The first kappa shape index (κ1) is 7.17. The number of allylic oxidation sites excluding steroid dienone is 2. The van der Waals surface area contributed by atoms with Crippen molar-refractivity contribution in [1.82, 2.24) is 15.9 Å². The van der Waals surface area contributed by atoms with E-state index in [0.717, 1.165) is 18.1 Å². The maximum atomic E-state index is 5.43. The van der Waals surface area contributed by atoms with E-state index in [9.17, 15) is 0 Å². The van der Waals surface area contributed by atoms with Crippen molar-refractivity contribution in [3.05, 3.63) is 24.2 Å². The summed E-state index contributed by atoms with van der Waals surface area (Å²) >= 11 is 0. The highest BCUT2D eigenvalue weighted by molar-refractivity contribution is 5.85. The fourth-order valence-electron chi connectivity index (χ4n) is 1.17. The van der Waals surface area contributed by atoms with Gasteiger partial charge in [0, 0.05) is 12.6 Å². The van der Waals surface area contributed by atoms with Crippen LogP contribution in [0.5, 0.6) is 0 Å². The molecule has 0 bridgehead atoms. The summed E-state index contributed by atoms with van der Waals surface area (Å²) in [5.74, 6) is 1.87. The molecule has 0 amide bonds. The number of hydrogen-bond donors (Lipinski definition) is 3. The van der Waals surface area contributed by atoms with Gasteiger partial charge in [-0.1, -0.05) is 0 Å². The SMILES string of the molecule is NCCC1=NNC2=CC=CNN21. The minimum absolute atomic E-state index is 0.607. The summed E-state index contributed by atoms with van der Waals surface area (Å²) in [6, 6.07) is 0. The molecule has 0 radical (unpaired) electrons. The topological polar surface area (TPSA) is 65.7 Å². The van der Waals surface area contributed by atoms with E-state index in [-0.39, 0.29) is 0 Å². The van der Waals surface area contributed by atoms with Gasteiger partial charge in [-0.05, 0) is 18.7 Å². The Balaban J connectivity index is 2.11. The van der Waals surface area contributed by atoms with Crippen molar-refractivity contribution in [3.8, 4) is 0 Å². The molecule has 5 nitrogen and oxygen atoms in total. The number of fused-ring (bicyclic) bond motifs is 1. The zero-order chi connectivity index (χ0) is 8.39. The monoisotopic (exact) mass is 165 g/mol. The summed E-state index contributed by atoms with van der Waals surface area (Å²) in [7, 11) is 0. The Labute approximate surface area is 70.6 Å². The summed E-state index contributed by atoms with van der Waals surface area (Å²) in [6.07, 6.45) is 6.48. The zero-order valence-electron chi connectivity index (χ0n) is 6.62. The Bertz CT molecular complexity index is 265. The third-order valence-corrected chi connectivity index (χ3v) is 1.72. The van der Waals surface area contributed by atoms with Crippen LogP contribution in [-0.2, 0) is 0 Å². The lowest BCUT2D eigenvalue weighted by atomic mass is 10.3. The number of rotatable bonds is 2. The van der Waals surface area contributed by atoms with Crippen molar-refractivity contribution < 1.29 is 0 Å². The van der Waals surface area contributed by atoms with E-state index in [1.165, 1.54) is 0 Å². The molecule has 12 heavy (non-hydrogen) atoms. The van der Waals surface area contributed by atoms with Crippen molar-refractivity contribution >= 4 is 5.84 Å². The molecule has 2 heterocycles. The molecule has 0 aromatic rings. The molecule has 0 atom stereocenters. The lowest BCUT2D eigenvalue weighted by Gasteiger charge is -2.21. The minimum atomic E-state index is 0.607. The van der Waals surface area contributed by atoms with Crippen LogP contribution in [0.2, 0.25) is 0 Å². The van der Waals surface area contributed by atoms with Crippen LogP contribution >= 0.6 is 0 Å². The van der Waals surface area contributed by atoms with Gasteiger partial charge in [-0.15, -0.1) is 0 Å². The molecule has 0 fully saturated rings. The molecule has 2 aliphatic rings. The van der Waals surface area contributed by atoms with Gasteiger partial charge in [0.1, 0.15) is 5.82 Å². The highest BCUT2D eigenvalue weighted by atomic mass is 15.6. The second kappa shape index (κ2) is 2.86. The van der Waals surface area contributed by atoms with Crippen LogP contribution in [0, 0.1) is 0 Å². The molecule has 0 aliphatic carbocycles. The average Bonchev–Trinajstić information content (AvgIpc) is 2.50. The van der Waals surface area contributed by atoms with Crippen LogP contribution in [0.1, 0.15) is 6.42 Å².